The van der Waals surface area contributed by atoms with Gasteiger partial charge in [-0.05, 0) is 38.5 Å². The van der Waals surface area contributed by atoms with Crippen LogP contribution in [-0.4, -0.2) is 27.3 Å². The number of aromatic nitrogens is 3. The predicted octanol–water partition coefficient (Wildman–Crippen LogP) is 4.24. The molecular weight excluding hydrogens is 371 g/mol. The van der Waals surface area contributed by atoms with Crippen LogP contribution in [0.15, 0.2) is 59.8 Å². The monoisotopic (exact) mass is 392 g/mol. The number of nitrogens with one attached hydrogen (secondary N) is 1. The number of benzene rings is 2. The lowest BCUT2D eigenvalue weighted by Crippen LogP contribution is -2.29. The molecule has 0 fully saturated rings. The first-order valence-corrected chi connectivity index (χ1v) is 9.42. The number of allylic oxidation sites excluding steroid dienone is 1. The standard InChI is InChI=1S/C22H21FN4O2/c1-4-29-21(28)18-14(3)24-22-25-20(16-7-5-6-8-17(16)23)26-27(22)19(18)15-11-9-13(2)10-12-15/h5-12,19H,4H2,1-3H3,(H,24,25,26). The molecule has 7 heteroatoms. The molecule has 0 amide bonds. The normalized spacial score (nSPS) is 15.7. The molecule has 29 heavy (non-hydrogen) atoms. The van der Waals surface area contributed by atoms with Crippen molar-refractivity contribution in [3.05, 3.63) is 76.7 Å². The van der Waals surface area contributed by atoms with Gasteiger partial charge in [0.05, 0.1) is 17.7 Å². The summed E-state index contributed by atoms with van der Waals surface area (Å²) in [4.78, 5) is 17.2. The van der Waals surface area contributed by atoms with Crippen LogP contribution in [0.2, 0.25) is 0 Å². The van der Waals surface area contributed by atoms with Gasteiger partial charge in [-0.15, -0.1) is 5.10 Å². The van der Waals surface area contributed by atoms with Crippen molar-refractivity contribution in [2.45, 2.75) is 26.8 Å². The van der Waals surface area contributed by atoms with Gasteiger partial charge in [0.2, 0.25) is 5.95 Å². The Morgan fingerprint density at radius 1 is 1.17 bits per heavy atom. The maximum atomic E-state index is 14.3. The number of aryl methyl sites for hydroxylation is 1. The summed E-state index contributed by atoms with van der Waals surface area (Å²) in [6.45, 7) is 5.83. The highest BCUT2D eigenvalue weighted by molar-refractivity contribution is 5.92. The molecule has 1 aliphatic heterocycles. The van der Waals surface area contributed by atoms with E-state index in [1.807, 2.05) is 31.2 Å². The van der Waals surface area contributed by atoms with Gasteiger partial charge in [0.15, 0.2) is 5.82 Å². The molecule has 1 aliphatic rings. The molecule has 1 N–H and O–H groups in total. The molecule has 0 radical (unpaired) electrons. The largest absolute Gasteiger partial charge is 0.463 e. The Labute approximate surface area is 168 Å². The summed E-state index contributed by atoms with van der Waals surface area (Å²) in [6.07, 6.45) is 0. The number of carbonyl (C=O) groups excluding carboxylic acids is 1. The number of hydrogen-bond acceptors (Lipinski definition) is 5. The van der Waals surface area contributed by atoms with E-state index in [-0.39, 0.29) is 12.4 Å². The smallest absolute Gasteiger partial charge is 0.338 e. The molecule has 4 rings (SSSR count). The fourth-order valence-corrected chi connectivity index (χ4v) is 3.44. The van der Waals surface area contributed by atoms with E-state index in [0.717, 1.165) is 11.1 Å². The SMILES string of the molecule is CCOC(=O)C1=C(C)Nc2nc(-c3ccccc3F)nn2C1c1ccc(C)cc1. The number of anilines is 1. The van der Waals surface area contributed by atoms with Crippen LogP contribution in [0, 0.1) is 12.7 Å². The molecule has 0 spiro atoms. The number of carbonyl (C=O) groups is 1. The zero-order valence-corrected chi connectivity index (χ0v) is 16.4. The van der Waals surface area contributed by atoms with Crippen LogP contribution >= 0.6 is 0 Å². The molecular formula is C22H21FN4O2. The lowest BCUT2D eigenvalue weighted by molar-refractivity contribution is -0.139. The van der Waals surface area contributed by atoms with Crippen molar-refractivity contribution < 1.29 is 13.9 Å². The van der Waals surface area contributed by atoms with Crippen molar-refractivity contribution >= 4 is 11.9 Å². The van der Waals surface area contributed by atoms with Crippen molar-refractivity contribution in [3.8, 4) is 11.4 Å². The van der Waals surface area contributed by atoms with Gasteiger partial charge in [-0.2, -0.15) is 4.98 Å². The number of hydrogen-bond donors (Lipinski definition) is 1. The van der Waals surface area contributed by atoms with E-state index in [2.05, 4.69) is 15.4 Å². The van der Waals surface area contributed by atoms with Gasteiger partial charge >= 0.3 is 5.97 Å². The highest BCUT2D eigenvalue weighted by Gasteiger charge is 2.35. The number of nitrogens with zero attached hydrogens (tertiary/aromatic N) is 3. The van der Waals surface area contributed by atoms with E-state index in [1.54, 1.807) is 36.7 Å². The summed E-state index contributed by atoms with van der Waals surface area (Å²) >= 11 is 0. The summed E-state index contributed by atoms with van der Waals surface area (Å²) < 4.78 is 21.2. The average molecular weight is 392 g/mol. The van der Waals surface area contributed by atoms with Gasteiger partial charge in [0.1, 0.15) is 11.9 Å². The van der Waals surface area contributed by atoms with Crippen molar-refractivity contribution in [2.75, 3.05) is 11.9 Å². The van der Waals surface area contributed by atoms with Crippen molar-refractivity contribution in [3.63, 3.8) is 0 Å². The van der Waals surface area contributed by atoms with Gasteiger partial charge in [-0.1, -0.05) is 42.0 Å². The number of rotatable bonds is 4. The molecule has 0 aliphatic carbocycles. The number of halogens is 1. The number of esters is 1. The van der Waals surface area contributed by atoms with Crippen LogP contribution in [0.3, 0.4) is 0 Å². The highest BCUT2D eigenvalue weighted by Crippen LogP contribution is 2.37. The van der Waals surface area contributed by atoms with E-state index in [4.69, 9.17) is 4.74 Å². The lowest BCUT2D eigenvalue weighted by Gasteiger charge is -2.28. The molecule has 1 atom stereocenters. The van der Waals surface area contributed by atoms with Crippen LogP contribution in [0.1, 0.15) is 31.0 Å². The second kappa shape index (κ2) is 7.50. The molecule has 3 aromatic rings. The fourth-order valence-electron chi connectivity index (χ4n) is 3.44. The fraction of sp³-hybridized carbons (Fsp3) is 0.227. The van der Waals surface area contributed by atoms with Gasteiger partial charge in [-0.3, -0.25) is 0 Å². The van der Waals surface area contributed by atoms with Crippen LogP contribution in [0.5, 0.6) is 0 Å². The summed E-state index contributed by atoms with van der Waals surface area (Å²) in [5, 5.41) is 7.67. The van der Waals surface area contributed by atoms with Crippen LogP contribution in [-0.2, 0) is 9.53 Å². The first-order chi connectivity index (χ1) is 14.0. The van der Waals surface area contributed by atoms with Crippen molar-refractivity contribution in [1.29, 1.82) is 0 Å². The lowest BCUT2D eigenvalue weighted by atomic mass is 9.95. The quantitative estimate of drug-likeness (QED) is 0.673. The minimum Gasteiger partial charge on any atom is -0.463 e. The maximum Gasteiger partial charge on any atom is 0.338 e. The molecule has 148 valence electrons. The Bertz CT molecular complexity index is 1100. The predicted molar refractivity (Wildman–Crippen MR) is 108 cm³/mol. The second-order valence-electron chi connectivity index (χ2n) is 6.88. The molecule has 2 aromatic carbocycles. The Morgan fingerprint density at radius 3 is 2.59 bits per heavy atom. The molecule has 0 bridgehead atoms. The van der Waals surface area contributed by atoms with E-state index in [0.29, 0.717) is 22.8 Å². The average Bonchev–Trinajstić information content (AvgIpc) is 3.11. The van der Waals surface area contributed by atoms with Gasteiger partial charge in [-0.25, -0.2) is 13.9 Å². The molecule has 0 saturated carbocycles. The van der Waals surface area contributed by atoms with Crippen LogP contribution < -0.4 is 5.32 Å². The summed E-state index contributed by atoms with van der Waals surface area (Å²) in [5.74, 6) is -0.130. The van der Waals surface area contributed by atoms with Crippen LogP contribution in [0.25, 0.3) is 11.4 Å². The number of fused-ring (bicyclic) bond motifs is 1. The first-order valence-electron chi connectivity index (χ1n) is 9.42. The van der Waals surface area contributed by atoms with Gasteiger partial charge < -0.3 is 10.1 Å². The van der Waals surface area contributed by atoms with E-state index in [9.17, 15) is 9.18 Å². The summed E-state index contributed by atoms with van der Waals surface area (Å²) in [6, 6.07) is 13.7. The Balaban J connectivity index is 1.88. The van der Waals surface area contributed by atoms with E-state index < -0.39 is 17.8 Å². The maximum absolute atomic E-state index is 14.3. The van der Waals surface area contributed by atoms with Gasteiger partial charge in [0.25, 0.3) is 0 Å². The Morgan fingerprint density at radius 2 is 1.90 bits per heavy atom. The van der Waals surface area contributed by atoms with Crippen molar-refractivity contribution in [2.24, 2.45) is 0 Å². The van der Waals surface area contributed by atoms with Gasteiger partial charge in [0, 0.05) is 5.70 Å². The highest BCUT2D eigenvalue weighted by atomic mass is 19.1. The molecule has 2 heterocycles. The molecule has 0 saturated heterocycles. The second-order valence-corrected chi connectivity index (χ2v) is 6.88. The third-order valence-corrected chi connectivity index (χ3v) is 4.86. The molecule has 1 aromatic heterocycles. The zero-order valence-electron chi connectivity index (χ0n) is 16.4. The Hall–Kier alpha value is -3.48. The summed E-state index contributed by atoms with van der Waals surface area (Å²) in [5.41, 5.74) is 3.36. The van der Waals surface area contributed by atoms with E-state index >= 15 is 0 Å². The Kier molecular flexibility index (Phi) is 4.88. The number of ether oxygens (including phenoxy) is 1. The van der Waals surface area contributed by atoms with Crippen LogP contribution in [0.4, 0.5) is 10.3 Å². The third-order valence-electron chi connectivity index (χ3n) is 4.86. The first kappa shape index (κ1) is 18.9. The topological polar surface area (TPSA) is 69.0 Å². The minimum absolute atomic E-state index is 0.251. The molecule has 1 unspecified atom stereocenters. The van der Waals surface area contributed by atoms with Crippen molar-refractivity contribution in [1.82, 2.24) is 14.8 Å². The minimum atomic E-state index is -0.529. The summed E-state index contributed by atoms with van der Waals surface area (Å²) in [7, 11) is 0. The van der Waals surface area contributed by atoms with E-state index in [1.165, 1.54) is 6.07 Å². The zero-order chi connectivity index (χ0) is 20.5. The molecule has 6 nitrogen and oxygen atoms in total. The third kappa shape index (κ3) is 3.40.